The van der Waals surface area contributed by atoms with Gasteiger partial charge in [-0.05, 0) is 37.3 Å². The fourth-order valence-electron chi connectivity index (χ4n) is 3.49. The Morgan fingerprint density at radius 1 is 1.14 bits per heavy atom. The number of nitrogens with one attached hydrogen (secondary N) is 1. The molecule has 0 amide bonds. The van der Waals surface area contributed by atoms with Crippen LogP contribution >= 0.6 is 0 Å². The van der Waals surface area contributed by atoms with Gasteiger partial charge in [0.2, 0.25) is 0 Å². The average Bonchev–Trinajstić information content (AvgIpc) is 2.67. The first-order chi connectivity index (χ1) is 6.92. The fraction of sp³-hybridized carbons (Fsp3) is 1.00. The van der Waals surface area contributed by atoms with Crippen molar-refractivity contribution in [1.82, 2.24) is 5.32 Å². The lowest BCUT2D eigenvalue weighted by Gasteiger charge is -2.33. The summed E-state index contributed by atoms with van der Waals surface area (Å²) in [7, 11) is 0. The van der Waals surface area contributed by atoms with Crippen molar-refractivity contribution in [2.24, 2.45) is 17.8 Å². The predicted octanol–water partition coefficient (Wildman–Crippen LogP) is 3.20. The number of hydrogen-bond donors (Lipinski definition) is 1. The Balaban J connectivity index is 1.78. The molecule has 1 heterocycles. The van der Waals surface area contributed by atoms with Gasteiger partial charge in [-0.3, -0.25) is 0 Å². The van der Waals surface area contributed by atoms with Crippen molar-refractivity contribution >= 4 is 0 Å². The molecule has 1 nitrogen and oxygen atoms in total. The van der Waals surface area contributed by atoms with Gasteiger partial charge >= 0.3 is 0 Å². The quantitative estimate of drug-likeness (QED) is 0.679. The number of rotatable bonds is 4. The van der Waals surface area contributed by atoms with Gasteiger partial charge in [0.15, 0.2) is 0 Å². The van der Waals surface area contributed by atoms with E-state index in [1.165, 1.54) is 58.0 Å². The van der Waals surface area contributed by atoms with E-state index in [0.29, 0.717) is 0 Å². The maximum atomic E-state index is 3.58. The molecular formula is C13H25N. The summed E-state index contributed by atoms with van der Waals surface area (Å²) in [6.07, 6.45) is 10.3. The Kier molecular flexibility index (Phi) is 3.86. The SMILES string of the molecule is CCCCCC1CCCC2CNCC12. The minimum atomic E-state index is 1.04. The van der Waals surface area contributed by atoms with Crippen molar-refractivity contribution in [3.8, 4) is 0 Å². The highest BCUT2D eigenvalue weighted by atomic mass is 14.9. The summed E-state index contributed by atoms with van der Waals surface area (Å²) in [5.41, 5.74) is 0. The van der Waals surface area contributed by atoms with Crippen LogP contribution in [0.15, 0.2) is 0 Å². The van der Waals surface area contributed by atoms with E-state index < -0.39 is 0 Å². The van der Waals surface area contributed by atoms with Gasteiger partial charge < -0.3 is 5.32 Å². The van der Waals surface area contributed by atoms with Crippen LogP contribution in [0.3, 0.4) is 0 Å². The summed E-state index contributed by atoms with van der Waals surface area (Å²) in [6, 6.07) is 0. The first-order valence-electron chi connectivity index (χ1n) is 6.62. The van der Waals surface area contributed by atoms with Gasteiger partial charge in [0.05, 0.1) is 0 Å². The third kappa shape index (κ3) is 2.31. The van der Waals surface area contributed by atoms with Crippen LogP contribution in [0, 0.1) is 17.8 Å². The molecule has 82 valence electrons. The number of fused-ring (bicyclic) bond motifs is 1. The van der Waals surface area contributed by atoms with Crippen LogP contribution in [0.5, 0.6) is 0 Å². The Morgan fingerprint density at radius 3 is 2.93 bits per heavy atom. The largest absolute Gasteiger partial charge is 0.316 e. The maximum Gasteiger partial charge on any atom is -0.00146 e. The second-order valence-electron chi connectivity index (χ2n) is 5.27. The molecule has 0 aromatic carbocycles. The second-order valence-corrected chi connectivity index (χ2v) is 5.27. The Labute approximate surface area is 88.7 Å². The lowest BCUT2D eigenvalue weighted by atomic mass is 9.72. The molecule has 2 aliphatic rings. The van der Waals surface area contributed by atoms with E-state index in [2.05, 4.69) is 12.2 Å². The summed E-state index contributed by atoms with van der Waals surface area (Å²) in [4.78, 5) is 0. The van der Waals surface area contributed by atoms with E-state index in [9.17, 15) is 0 Å². The Hall–Kier alpha value is -0.0400. The molecule has 1 aliphatic heterocycles. The molecule has 0 radical (unpaired) electrons. The van der Waals surface area contributed by atoms with Crippen LogP contribution in [-0.4, -0.2) is 13.1 Å². The highest BCUT2D eigenvalue weighted by molar-refractivity contribution is 4.89. The molecule has 1 heteroatoms. The summed E-state index contributed by atoms with van der Waals surface area (Å²) < 4.78 is 0. The third-order valence-corrected chi connectivity index (χ3v) is 4.33. The molecular weight excluding hydrogens is 170 g/mol. The topological polar surface area (TPSA) is 12.0 Å². The van der Waals surface area contributed by atoms with Crippen LogP contribution in [0.2, 0.25) is 0 Å². The molecule has 1 saturated heterocycles. The van der Waals surface area contributed by atoms with Crippen molar-refractivity contribution in [2.75, 3.05) is 13.1 Å². The molecule has 1 saturated carbocycles. The van der Waals surface area contributed by atoms with Crippen molar-refractivity contribution in [2.45, 2.75) is 51.9 Å². The molecule has 0 spiro atoms. The Morgan fingerprint density at radius 2 is 2.07 bits per heavy atom. The maximum absolute atomic E-state index is 3.58. The smallest absolute Gasteiger partial charge is 0.00146 e. The van der Waals surface area contributed by atoms with E-state index in [1.54, 1.807) is 0 Å². The number of unbranched alkanes of at least 4 members (excludes halogenated alkanes) is 2. The van der Waals surface area contributed by atoms with E-state index in [0.717, 1.165) is 17.8 Å². The summed E-state index contributed by atoms with van der Waals surface area (Å²) in [6.45, 7) is 4.94. The van der Waals surface area contributed by atoms with Crippen LogP contribution < -0.4 is 5.32 Å². The first kappa shape index (κ1) is 10.5. The zero-order chi connectivity index (χ0) is 9.80. The number of hydrogen-bond acceptors (Lipinski definition) is 1. The molecule has 1 aliphatic carbocycles. The van der Waals surface area contributed by atoms with Gasteiger partial charge in [-0.1, -0.05) is 45.4 Å². The summed E-state index contributed by atoms with van der Waals surface area (Å²) >= 11 is 0. The third-order valence-electron chi connectivity index (χ3n) is 4.33. The second kappa shape index (κ2) is 5.16. The standard InChI is InChI=1S/C13H25N/c1-2-3-4-6-11-7-5-8-12-9-14-10-13(11)12/h11-14H,2-10H2,1H3. The van der Waals surface area contributed by atoms with Crippen molar-refractivity contribution in [3.63, 3.8) is 0 Å². The molecule has 0 aromatic heterocycles. The molecule has 2 fully saturated rings. The predicted molar refractivity (Wildman–Crippen MR) is 61.3 cm³/mol. The van der Waals surface area contributed by atoms with Crippen molar-refractivity contribution in [3.05, 3.63) is 0 Å². The Bertz CT molecular complexity index is 167. The molecule has 14 heavy (non-hydrogen) atoms. The normalized spacial score (nSPS) is 37.1. The van der Waals surface area contributed by atoms with Crippen LogP contribution in [0.1, 0.15) is 51.9 Å². The molecule has 1 N–H and O–H groups in total. The van der Waals surface area contributed by atoms with Gasteiger partial charge in [0.25, 0.3) is 0 Å². The van der Waals surface area contributed by atoms with E-state index in [-0.39, 0.29) is 0 Å². The zero-order valence-electron chi connectivity index (χ0n) is 9.60. The zero-order valence-corrected chi connectivity index (χ0v) is 9.60. The summed E-state index contributed by atoms with van der Waals surface area (Å²) in [5, 5.41) is 3.58. The lowest BCUT2D eigenvalue weighted by Crippen LogP contribution is -2.27. The molecule has 0 bridgehead atoms. The van der Waals surface area contributed by atoms with Crippen molar-refractivity contribution < 1.29 is 0 Å². The van der Waals surface area contributed by atoms with Gasteiger partial charge in [0, 0.05) is 0 Å². The van der Waals surface area contributed by atoms with Gasteiger partial charge in [-0.25, -0.2) is 0 Å². The minimum Gasteiger partial charge on any atom is -0.316 e. The van der Waals surface area contributed by atoms with Crippen LogP contribution in [-0.2, 0) is 0 Å². The average molecular weight is 195 g/mol. The molecule has 3 unspecified atom stereocenters. The highest BCUT2D eigenvalue weighted by Crippen LogP contribution is 2.39. The first-order valence-corrected chi connectivity index (χ1v) is 6.62. The van der Waals surface area contributed by atoms with Crippen LogP contribution in [0.4, 0.5) is 0 Å². The van der Waals surface area contributed by atoms with E-state index in [4.69, 9.17) is 0 Å². The monoisotopic (exact) mass is 195 g/mol. The van der Waals surface area contributed by atoms with Gasteiger partial charge in [0.1, 0.15) is 0 Å². The fourth-order valence-corrected chi connectivity index (χ4v) is 3.49. The molecule has 3 atom stereocenters. The van der Waals surface area contributed by atoms with E-state index in [1.807, 2.05) is 0 Å². The summed E-state index contributed by atoms with van der Waals surface area (Å²) in [5.74, 6) is 3.14. The van der Waals surface area contributed by atoms with E-state index >= 15 is 0 Å². The van der Waals surface area contributed by atoms with Crippen LogP contribution in [0.25, 0.3) is 0 Å². The van der Waals surface area contributed by atoms with Crippen molar-refractivity contribution in [1.29, 1.82) is 0 Å². The molecule has 2 rings (SSSR count). The van der Waals surface area contributed by atoms with Gasteiger partial charge in [-0.2, -0.15) is 0 Å². The van der Waals surface area contributed by atoms with Gasteiger partial charge in [-0.15, -0.1) is 0 Å². The highest BCUT2D eigenvalue weighted by Gasteiger charge is 2.35. The lowest BCUT2D eigenvalue weighted by molar-refractivity contribution is 0.185. The minimum absolute atomic E-state index is 1.04. The molecule has 0 aromatic rings.